The molecule has 1 radical (unpaired) electrons. The van der Waals surface area contributed by atoms with E-state index in [1.165, 1.54) is 12.1 Å². The lowest BCUT2D eigenvalue weighted by Crippen LogP contribution is -2.16. The van der Waals surface area contributed by atoms with Crippen LogP contribution < -0.4 is 18.8 Å². The van der Waals surface area contributed by atoms with Crippen molar-refractivity contribution >= 4 is 7.69 Å². The Morgan fingerprint density at radius 1 is 0.774 bits per heavy atom. The van der Waals surface area contributed by atoms with E-state index < -0.39 is 11.6 Å². The summed E-state index contributed by atoms with van der Waals surface area (Å²) in [6.45, 7) is 14.4. The zero-order valence-electron chi connectivity index (χ0n) is 18.4. The van der Waals surface area contributed by atoms with Crippen LogP contribution in [0.3, 0.4) is 0 Å². The molecule has 0 bridgehead atoms. The van der Waals surface area contributed by atoms with Crippen molar-refractivity contribution in [1.29, 1.82) is 0 Å². The molecule has 0 aliphatic heterocycles. The summed E-state index contributed by atoms with van der Waals surface area (Å²) in [6.07, 6.45) is 4.34. The second-order valence-electron chi connectivity index (χ2n) is 7.33. The molecule has 0 N–H and O–H groups in total. The van der Waals surface area contributed by atoms with Crippen LogP contribution in [0.2, 0.25) is 0 Å². The predicted octanol–water partition coefficient (Wildman–Crippen LogP) is 6.26. The summed E-state index contributed by atoms with van der Waals surface area (Å²) in [5.41, 5.74) is 0.836. The Hall–Kier alpha value is -2.96. The van der Waals surface area contributed by atoms with E-state index in [0.29, 0.717) is 35.5 Å². The van der Waals surface area contributed by atoms with Crippen LogP contribution in [0.1, 0.15) is 37.8 Å². The van der Waals surface area contributed by atoms with Gasteiger partial charge in [-0.15, -0.1) is 13.2 Å². The average Bonchev–Trinajstić information content (AvgIpc) is 2.69. The van der Waals surface area contributed by atoms with E-state index in [0.717, 1.165) is 7.69 Å². The molecule has 4 nitrogen and oxygen atoms in total. The van der Waals surface area contributed by atoms with Gasteiger partial charge in [-0.1, -0.05) is 12.2 Å². The Bertz CT molecular complexity index is 843. The third-order valence-electron chi connectivity index (χ3n) is 4.45. The Morgan fingerprint density at radius 3 is 1.52 bits per heavy atom. The molecule has 0 spiro atoms. The highest BCUT2D eigenvalue weighted by Crippen LogP contribution is 2.33. The maximum Gasteiger partial charge on any atom is 0.658 e. The monoisotopic (exact) mass is 429 g/mol. The Morgan fingerprint density at radius 2 is 1.16 bits per heavy atom. The molecule has 2 rings (SSSR count). The molecule has 0 amide bonds. The van der Waals surface area contributed by atoms with Crippen LogP contribution in [0.15, 0.2) is 49.6 Å². The molecular weight excluding hydrogens is 401 g/mol. The standard InChI is InChI=1S/C24H28BF2O4/c1-7-9-17(5)28-21-11-15(3)19(26)13-23(21)30-25-31-24-14-20(27)16(4)12-22(24)29-18(6)10-8-2/h7-8,11-14,17-18H,1-2,9-10H2,3-6H3. The zero-order valence-corrected chi connectivity index (χ0v) is 18.4. The second kappa shape index (κ2) is 11.4. The third kappa shape index (κ3) is 7.05. The van der Waals surface area contributed by atoms with Gasteiger partial charge < -0.3 is 18.8 Å². The first-order valence-corrected chi connectivity index (χ1v) is 10.1. The number of rotatable bonds is 12. The van der Waals surface area contributed by atoms with Gasteiger partial charge in [0.05, 0.1) is 12.2 Å². The van der Waals surface area contributed by atoms with Crippen molar-refractivity contribution in [3.8, 4) is 23.0 Å². The lowest BCUT2D eigenvalue weighted by atomic mass is 10.2. The molecule has 0 saturated carbocycles. The van der Waals surface area contributed by atoms with Gasteiger partial charge in [-0.3, -0.25) is 0 Å². The fourth-order valence-electron chi connectivity index (χ4n) is 2.77. The first kappa shape index (κ1) is 24.3. The van der Waals surface area contributed by atoms with Crippen molar-refractivity contribution < 1.29 is 27.6 Å². The molecule has 0 aliphatic carbocycles. The molecule has 2 atom stereocenters. The summed E-state index contributed by atoms with van der Waals surface area (Å²) in [6, 6.07) is 5.53. The van der Waals surface area contributed by atoms with Crippen LogP contribution >= 0.6 is 0 Å². The van der Waals surface area contributed by atoms with Crippen molar-refractivity contribution in [2.24, 2.45) is 0 Å². The molecule has 0 aliphatic rings. The van der Waals surface area contributed by atoms with Gasteiger partial charge in [0.2, 0.25) is 0 Å². The van der Waals surface area contributed by atoms with Gasteiger partial charge in [-0.05, 0) is 51.0 Å². The molecule has 2 aromatic rings. The molecule has 7 heteroatoms. The highest BCUT2D eigenvalue weighted by Gasteiger charge is 2.17. The molecule has 0 aromatic heterocycles. The highest BCUT2D eigenvalue weighted by atomic mass is 19.1. The maximum atomic E-state index is 14.1. The van der Waals surface area contributed by atoms with E-state index in [1.54, 1.807) is 38.1 Å². The molecule has 2 unspecified atom stereocenters. The topological polar surface area (TPSA) is 36.9 Å². The fourth-order valence-corrected chi connectivity index (χ4v) is 2.77. The van der Waals surface area contributed by atoms with Gasteiger partial charge in [0.25, 0.3) is 0 Å². The van der Waals surface area contributed by atoms with Crippen LogP contribution in [0.4, 0.5) is 8.78 Å². The lowest BCUT2D eigenvalue weighted by Gasteiger charge is -2.19. The molecule has 0 fully saturated rings. The Balaban J connectivity index is 2.17. The first-order valence-electron chi connectivity index (χ1n) is 10.1. The van der Waals surface area contributed by atoms with Gasteiger partial charge in [0.15, 0.2) is 11.5 Å². The van der Waals surface area contributed by atoms with Crippen molar-refractivity contribution in [1.82, 2.24) is 0 Å². The molecule has 165 valence electrons. The SMILES string of the molecule is C=CCC(C)Oc1cc(C)c(F)cc1O[B]Oc1cc(F)c(C)cc1OC(C)CC=C. The number of hydrogen-bond acceptors (Lipinski definition) is 4. The van der Waals surface area contributed by atoms with E-state index in [9.17, 15) is 8.78 Å². The summed E-state index contributed by atoms with van der Waals surface area (Å²) in [7, 11) is 0.990. The normalized spacial score (nSPS) is 12.5. The van der Waals surface area contributed by atoms with Gasteiger partial charge in [-0.2, -0.15) is 0 Å². The largest absolute Gasteiger partial charge is 0.658 e. The van der Waals surface area contributed by atoms with Gasteiger partial charge >= 0.3 is 7.69 Å². The third-order valence-corrected chi connectivity index (χ3v) is 4.45. The van der Waals surface area contributed by atoms with Crippen molar-refractivity contribution in [3.05, 3.63) is 72.3 Å². The second-order valence-corrected chi connectivity index (χ2v) is 7.33. The van der Waals surface area contributed by atoms with Gasteiger partial charge in [-0.25, -0.2) is 8.78 Å². The van der Waals surface area contributed by atoms with Crippen molar-refractivity contribution in [3.63, 3.8) is 0 Å². The molecule has 2 aromatic carbocycles. The smallest absolute Gasteiger partial charge is 0.524 e. The lowest BCUT2D eigenvalue weighted by molar-refractivity contribution is 0.215. The van der Waals surface area contributed by atoms with Crippen LogP contribution in [0.5, 0.6) is 23.0 Å². The number of ether oxygens (including phenoxy) is 2. The quantitative estimate of drug-likeness (QED) is 0.295. The van der Waals surface area contributed by atoms with E-state index in [-0.39, 0.29) is 23.7 Å². The van der Waals surface area contributed by atoms with Crippen LogP contribution in [0, 0.1) is 25.5 Å². The maximum absolute atomic E-state index is 14.1. The predicted molar refractivity (Wildman–Crippen MR) is 119 cm³/mol. The minimum atomic E-state index is -0.448. The summed E-state index contributed by atoms with van der Waals surface area (Å²) >= 11 is 0. The van der Waals surface area contributed by atoms with E-state index in [4.69, 9.17) is 18.8 Å². The van der Waals surface area contributed by atoms with Crippen LogP contribution in [0.25, 0.3) is 0 Å². The number of aryl methyl sites for hydroxylation is 2. The van der Waals surface area contributed by atoms with E-state index >= 15 is 0 Å². The van der Waals surface area contributed by atoms with Gasteiger partial charge in [0.1, 0.15) is 23.1 Å². The van der Waals surface area contributed by atoms with E-state index in [1.807, 2.05) is 13.8 Å². The highest BCUT2D eigenvalue weighted by molar-refractivity contribution is 6.21. The van der Waals surface area contributed by atoms with Gasteiger partial charge in [0, 0.05) is 25.0 Å². The number of benzene rings is 2. The Kier molecular flexibility index (Phi) is 8.97. The van der Waals surface area contributed by atoms with E-state index in [2.05, 4.69) is 13.2 Å². The summed E-state index contributed by atoms with van der Waals surface area (Å²) < 4.78 is 50.8. The molecule has 0 heterocycles. The van der Waals surface area contributed by atoms with Crippen LogP contribution in [-0.2, 0) is 0 Å². The fraction of sp³-hybridized carbons (Fsp3) is 0.333. The number of hydrogen-bond donors (Lipinski definition) is 0. The number of halogens is 2. The average molecular weight is 429 g/mol. The summed E-state index contributed by atoms with van der Waals surface area (Å²) in [4.78, 5) is 0. The van der Waals surface area contributed by atoms with Crippen molar-refractivity contribution in [2.45, 2.75) is 52.7 Å². The summed E-state index contributed by atoms with van der Waals surface area (Å²) in [5, 5.41) is 0. The molecule has 31 heavy (non-hydrogen) atoms. The molecular formula is C24H28BF2O4. The van der Waals surface area contributed by atoms with Crippen molar-refractivity contribution in [2.75, 3.05) is 0 Å². The zero-order chi connectivity index (χ0) is 23.0. The summed E-state index contributed by atoms with van der Waals surface area (Å²) in [5.74, 6) is 0.0910. The molecule has 0 saturated heterocycles. The van der Waals surface area contributed by atoms with Crippen LogP contribution in [-0.4, -0.2) is 19.9 Å². The Labute approximate surface area is 183 Å². The minimum Gasteiger partial charge on any atom is -0.524 e. The first-order chi connectivity index (χ1) is 14.7. The minimum absolute atomic E-state index is 0.133.